The standard InChI is InChI=1S/C18H29N3O3S/c1-5-21(6-2)25(23,24)15-8-7-14(3)16(11-15)17(22)20-10-9-18(4,12-19)13-20/h7-8,11H,5-6,9-10,12-13,19H2,1-4H3. The van der Waals surface area contributed by atoms with E-state index in [4.69, 9.17) is 5.73 Å². The molecule has 1 fully saturated rings. The molecule has 1 heterocycles. The Balaban J connectivity index is 2.36. The van der Waals surface area contributed by atoms with E-state index in [0.29, 0.717) is 38.3 Å². The number of rotatable bonds is 6. The summed E-state index contributed by atoms with van der Waals surface area (Å²) in [5.41, 5.74) is 7.00. The Hall–Kier alpha value is -1.44. The van der Waals surface area contributed by atoms with Crippen LogP contribution in [0.5, 0.6) is 0 Å². The van der Waals surface area contributed by atoms with Crippen LogP contribution in [-0.4, -0.2) is 56.3 Å². The summed E-state index contributed by atoms with van der Waals surface area (Å²) in [6.45, 7) is 10.1. The van der Waals surface area contributed by atoms with Gasteiger partial charge >= 0.3 is 0 Å². The third-order valence-electron chi connectivity index (χ3n) is 5.12. The average Bonchev–Trinajstić information content (AvgIpc) is 2.98. The fourth-order valence-corrected chi connectivity index (χ4v) is 4.72. The van der Waals surface area contributed by atoms with Crippen molar-refractivity contribution >= 4 is 15.9 Å². The lowest BCUT2D eigenvalue weighted by Crippen LogP contribution is -2.35. The number of hydrogen-bond donors (Lipinski definition) is 1. The van der Waals surface area contributed by atoms with Crippen LogP contribution >= 0.6 is 0 Å². The van der Waals surface area contributed by atoms with Crippen LogP contribution < -0.4 is 5.73 Å². The smallest absolute Gasteiger partial charge is 0.254 e. The Labute approximate surface area is 151 Å². The second-order valence-electron chi connectivity index (χ2n) is 7.06. The molecule has 1 aliphatic rings. The first-order valence-corrected chi connectivity index (χ1v) is 10.2. The maximum Gasteiger partial charge on any atom is 0.254 e. The molecule has 0 saturated carbocycles. The summed E-state index contributed by atoms with van der Waals surface area (Å²) in [6, 6.07) is 4.80. The van der Waals surface area contributed by atoms with Gasteiger partial charge in [-0.3, -0.25) is 4.79 Å². The van der Waals surface area contributed by atoms with Crippen LogP contribution in [0.2, 0.25) is 0 Å². The summed E-state index contributed by atoms with van der Waals surface area (Å²) in [6.07, 6.45) is 0.867. The van der Waals surface area contributed by atoms with E-state index in [-0.39, 0.29) is 16.2 Å². The van der Waals surface area contributed by atoms with Crippen LogP contribution in [0, 0.1) is 12.3 Å². The second kappa shape index (κ2) is 7.43. The molecule has 1 aromatic rings. The van der Waals surface area contributed by atoms with Gasteiger partial charge in [-0.2, -0.15) is 4.31 Å². The lowest BCUT2D eigenvalue weighted by molar-refractivity contribution is 0.0776. The van der Waals surface area contributed by atoms with Crippen molar-refractivity contribution in [2.75, 3.05) is 32.7 Å². The highest BCUT2D eigenvalue weighted by Gasteiger charge is 2.36. The fourth-order valence-electron chi connectivity index (χ4n) is 3.24. The van der Waals surface area contributed by atoms with Gasteiger partial charge in [-0.25, -0.2) is 8.42 Å². The molecule has 1 amide bonds. The maximum absolute atomic E-state index is 12.9. The first kappa shape index (κ1) is 19.9. The zero-order valence-corrected chi connectivity index (χ0v) is 16.4. The summed E-state index contributed by atoms with van der Waals surface area (Å²) in [5, 5.41) is 0. The number of amides is 1. The van der Waals surface area contributed by atoms with Crippen molar-refractivity contribution in [3.63, 3.8) is 0 Å². The minimum atomic E-state index is -3.58. The maximum atomic E-state index is 12.9. The molecule has 0 aromatic heterocycles. The van der Waals surface area contributed by atoms with E-state index in [1.165, 1.54) is 10.4 Å². The number of benzene rings is 1. The number of nitrogens with two attached hydrogens (primary N) is 1. The third kappa shape index (κ3) is 3.88. The van der Waals surface area contributed by atoms with Crippen molar-refractivity contribution in [2.45, 2.75) is 39.0 Å². The fraction of sp³-hybridized carbons (Fsp3) is 0.611. The zero-order valence-electron chi connectivity index (χ0n) is 15.6. The lowest BCUT2D eigenvalue weighted by atomic mass is 9.90. The van der Waals surface area contributed by atoms with Gasteiger partial charge in [-0.05, 0) is 43.0 Å². The van der Waals surface area contributed by atoms with E-state index in [1.54, 1.807) is 30.9 Å². The number of carbonyl (C=O) groups is 1. The van der Waals surface area contributed by atoms with Crippen molar-refractivity contribution in [3.8, 4) is 0 Å². The monoisotopic (exact) mass is 367 g/mol. The second-order valence-corrected chi connectivity index (χ2v) is 9.00. The predicted octanol–water partition coefficient (Wildman–Crippen LogP) is 1.84. The minimum Gasteiger partial charge on any atom is -0.338 e. The highest BCUT2D eigenvalue weighted by molar-refractivity contribution is 7.89. The quantitative estimate of drug-likeness (QED) is 0.831. The van der Waals surface area contributed by atoms with Gasteiger partial charge in [0.2, 0.25) is 10.0 Å². The number of likely N-dealkylation sites (tertiary alicyclic amines) is 1. The molecule has 0 aliphatic carbocycles. The van der Waals surface area contributed by atoms with Gasteiger partial charge in [0.05, 0.1) is 4.90 Å². The summed E-state index contributed by atoms with van der Waals surface area (Å²) < 4.78 is 26.9. The van der Waals surface area contributed by atoms with E-state index in [9.17, 15) is 13.2 Å². The van der Waals surface area contributed by atoms with Gasteiger partial charge in [0.25, 0.3) is 5.91 Å². The van der Waals surface area contributed by atoms with Gasteiger partial charge in [0, 0.05) is 31.7 Å². The van der Waals surface area contributed by atoms with Crippen molar-refractivity contribution < 1.29 is 13.2 Å². The van der Waals surface area contributed by atoms with E-state index in [1.807, 2.05) is 6.92 Å². The van der Waals surface area contributed by atoms with Crippen LogP contribution in [0.25, 0.3) is 0 Å². The molecule has 1 saturated heterocycles. The van der Waals surface area contributed by atoms with Gasteiger partial charge < -0.3 is 10.6 Å². The Morgan fingerprint density at radius 1 is 1.32 bits per heavy atom. The molecule has 1 aromatic carbocycles. The predicted molar refractivity (Wildman–Crippen MR) is 99.0 cm³/mol. The third-order valence-corrected chi connectivity index (χ3v) is 7.17. The summed E-state index contributed by atoms with van der Waals surface area (Å²) in [5.74, 6) is -0.119. The summed E-state index contributed by atoms with van der Waals surface area (Å²) >= 11 is 0. The van der Waals surface area contributed by atoms with Gasteiger partial charge in [-0.15, -0.1) is 0 Å². The SMILES string of the molecule is CCN(CC)S(=O)(=O)c1ccc(C)c(C(=O)N2CCC(C)(CN)C2)c1. The first-order valence-electron chi connectivity index (χ1n) is 8.78. The summed E-state index contributed by atoms with van der Waals surface area (Å²) in [7, 11) is -3.58. The molecular formula is C18H29N3O3S. The molecule has 1 aliphatic heterocycles. The first-order chi connectivity index (χ1) is 11.7. The Morgan fingerprint density at radius 2 is 1.96 bits per heavy atom. The Morgan fingerprint density at radius 3 is 2.48 bits per heavy atom. The van der Waals surface area contributed by atoms with Crippen molar-refractivity contribution in [2.24, 2.45) is 11.1 Å². The molecule has 0 bridgehead atoms. The molecule has 2 N–H and O–H groups in total. The van der Waals surface area contributed by atoms with Gasteiger partial charge in [-0.1, -0.05) is 26.8 Å². The van der Waals surface area contributed by atoms with Crippen molar-refractivity contribution in [1.82, 2.24) is 9.21 Å². The summed E-state index contributed by atoms with van der Waals surface area (Å²) in [4.78, 5) is 14.9. The molecule has 7 heteroatoms. The normalized spacial score (nSPS) is 21.1. The molecular weight excluding hydrogens is 338 g/mol. The molecule has 0 spiro atoms. The van der Waals surface area contributed by atoms with E-state index in [0.717, 1.165) is 12.0 Å². The number of sulfonamides is 1. The van der Waals surface area contributed by atoms with Crippen molar-refractivity contribution in [1.29, 1.82) is 0 Å². The zero-order chi connectivity index (χ0) is 18.8. The Bertz CT molecular complexity index is 744. The topological polar surface area (TPSA) is 83.7 Å². The molecule has 1 atom stereocenters. The molecule has 0 radical (unpaired) electrons. The molecule has 6 nitrogen and oxygen atoms in total. The largest absolute Gasteiger partial charge is 0.338 e. The minimum absolute atomic E-state index is 0.0610. The van der Waals surface area contributed by atoms with E-state index in [2.05, 4.69) is 6.92 Å². The number of aryl methyl sites for hydroxylation is 1. The Kier molecular flexibility index (Phi) is 5.91. The van der Waals surface area contributed by atoms with Gasteiger partial charge in [0.1, 0.15) is 0 Å². The average molecular weight is 368 g/mol. The van der Waals surface area contributed by atoms with Crippen LogP contribution in [0.4, 0.5) is 0 Å². The lowest BCUT2D eigenvalue weighted by Gasteiger charge is -2.23. The van der Waals surface area contributed by atoms with Crippen LogP contribution in [0.15, 0.2) is 23.1 Å². The van der Waals surface area contributed by atoms with Crippen molar-refractivity contribution in [3.05, 3.63) is 29.3 Å². The van der Waals surface area contributed by atoms with Crippen LogP contribution in [0.1, 0.15) is 43.1 Å². The molecule has 1 unspecified atom stereocenters. The molecule has 2 rings (SSSR count). The highest BCUT2D eigenvalue weighted by atomic mass is 32.2. The number of carbonyl (C=O) groups excluding carboxylic acids is 1. The number of hydrogen-bond acceptors (Lipinski definition) is 4. The van der Waals surface area contributed by atoms with Gasteiger partial charge in [0.15, 0.2) is 0 Å². The van der Waals surface area contributed by atoms with E-state index >= 15 is 0 Å². The van der Waals surface area contributed by atoms with Crippen LogP contribution in [0.3, 0.4) is 0 Å². The molecule has 25 heavy (non-hydrogen) atoms. The van der Waals surface area contributed by atoms with E-state index < -0.39 is 10.0 Å². The van der Waals surface area contributed by atoms with Crippen LogP contribution in [-0.2, 0) is 10.0 Å². The number of nitrogens with zero attached hydrogens (tertiary/aromatic N) is 2. The molecule has 140 valence electrons. The highest BCUT2D eigenvalue weighted by Crippen LogP contribution is 2.30.